The van der Waals surface area contributed by atoms with E-state index in [1.54, 1.807) is 17.9 Å². The molecule has 0 amide bonds. The van der Waals surface area contributed by atoms with Gasteiger partial charge < -0.3 is 9.88 Å². The molecule has 21 heavy (non-hydrogen) atoms. The second kappa shape index (κ2) is 5.45. The quantitative estimate of drug-likeness (QED) is 0.706. The van der Waals surface area contributed by atoms with Crippen molar-refractivity contribution in [3.05, 3.63) is 36.5 Å². The number of hydrogen-bond donors (Lipinski definition) is 2. The Labute approximate surface area is 130 Å². The molecule has 3 aromatic heterocycles. The van der Waals surface area contributed by atoms with Gasteiger partial charge in [0, 0.05) is 25.5 Å². The molecule has 0 atom stereocenters. The first-order valence-electron chi connectivity index (χ1n) is 6.05. The van der Waals surface area contributed by atoms with Crippen LogP contribution in [0.2, 0.25) is 0 Å². The van der Waals surface area contributed by atoms with Crippen LogP contribution in [-0.4, -0.2) is 30.6 Å². The number of H-pyrrole nitrogens is 1. The smallest absolute Gasteiger partial charge is 0.329 e. The Bertz CT molecular complexity index is 907. The molecular formula is C11H11BrN6O2S. The van der Waals surface area contributed by atoms with E-state index in [-0.39, 0.29) is 0 Å². The van der Waals surface area contributed by atoms with E-state index in [0.717, 1.165) is 9.73 Å². The number of nitrogens with one attached hydrogen (secondary N) is 2. The van der Waals surface area contributed by atoms with Gasteiger partial charge in [0.2, 0.25) is 0 Å². The molecule has 3 heterocycles. The molecule has 0 saturated heterocycles. The van der Waals surface area contributed by atoms with Crippen molar-refractivity contribution in [3.63, 3.8) is 0 Å². The minimum atomic E-state index is -0.469. The highest BCUT2D eigenvalue weighted by Gasteiger charge is 2.11. The first kappa shape index (κ1) is 14.0. The Morgan fingerprint density at radius 2 is 2.29 bits per heavy atom. The van der Waals surface area contributed by atoms with E-state index in [1.165, 1.54) is 15.9 Å². The van der Waals surface area contributed by atoms with Gasteiger partial charge in [0.05, 0.1) is 6.33 Å². The normalized spacial score (nSPS) is 11.1. The molecule has 0 fully saturated rings. The standard InChI is InChI=1S/C11H11BrN6O2S/c1-17-8-7(9(19)16-11(17)20)18(5-14-8)3-2-13-6-4-21-10(12)15-6/h4-5,13H,2-3H2,1H3,(H,16,19,20). The number of aromatic amines is 1. The van der Waals surface area contributed by atoms with Gasteiger partial charge in [-0.25, -0.2) is 14.8 Å². The SMILES string of the molecule is Cn1c(=O)[nH]c(=O)c2c1ncn2CCNc1csc(Br)n1. The lowest BCUT2D eigenvalue weighted by molar-refractivity contribution is 0.741. The molecule has 0 unspecified atom stereocenters. The van der Waals surface area contributed by atoms with Crippen LogP contribution in [0.25, 0.3) is 11.2 Å². The maximum Gasteiger partial charge on any atom is 0.329 e. The van der Waals surface area contributed by atoms with Gasteiger partial charge in [-0.1, -0.05) is 0 Å². The van der Waals surface area contributed by atoms with Crippen molar-refractivity contribution in [2.75, 3.05) is 11.9 Å². The molecule has 3 aromatic rings. The number of nitrogens with zero attached hydrogens (tertiary/aromatic N) is 4. The lowest BCUT2D eigenvalue weighted by Crippen LogP contribution is -2.29. The predicted octanol–water partition coefficient (Wildman–Crippen LogP) is 0.754. The van der Waals surface area contributed by atoms with Gasteiger partial charge >= 0.3 is 5.69 Å². The molecule has 110 valence electrons. The summed E-state index contributed by atoms with van der Waals surface area (Å²) in [6.45, 7) is 1.12. The van der Waals surface area contributed by atoms with Crippen LogP contribution in [0.1, 0.15) is 0 Å². The van der Waals surface area contributed by atoms with Crippen LogP contribution in [0.5, 0.6) is 0 Å². The second-order valence-corrected chi connectivity index (χ2v) is 6.48. The fourth-order valence-corrected chi connectivity index (χ4v) is 2.96. The summed E-state index contributed by atoms with van der Waals surface area (Å²) in [5.74, 6) is 0.776. The number of fused-ring (bicyclic) bond motifs is 1. The second-order valence-electron chi connectivity index (χ2n) is 4.34. The van der Waals surface area contributed by atoms with Gasteiger partial charge in [-0.3, -0.25) is 14.3 Å². The number of aryl methyl sites for hydroxylation is 1. The van der Waals surface area contributed by atoms with Crippen LogP contribution in [0.4, 0.5) is 5.82 Å². The van der Waals surface area contributed by atoms with Gasteiger partial charge in [-0.2, -0.15) is 0 Å². The molecule has 0 aliphatic carbocycles. The van der Waals surface area contributed by atoms with Gasteiger partial charge in [-0.15, -0.1) is 11.3 Å². The zero-order valence-corrected chi connectivity index (χ0v) is 13.4. The summed E-state index contributed by atoms with van der Waals surface area (Å²) in [5.41, 5.74) is -0.135. The minimum absolute atomic E-state index is 0.375. The summed E-state index contributed by atoms with van der Waals surface area (Å²) in [6.07, 6.45) is 1.55. The Balaban J connectivity index is 1.83. The van der Waals surface area contributed by atoms with E-state index in [0.29, 0.717) is 24.3 Å². The fraction of sp³-hybridized carbons (Fsp3) is 0.273. The number of anilines is 1. The summed E-state index contributed by atoms with van der Waals surface area (Å²) in [4.78, 5) is 34.0. The summed E-state index contributed by atoms with van der Waals surface area (Å²) >= 11 is 4.79. The van der Waals surface area contributed by atoms with Crippen molar-refractivity contribution in [1.82, 2.24) is 24.1 Å². The Morgan fingerprint density at radius 1 is 1.48 bits per heavy atom. The first-order chi connectivity index (χ1) is 10.1. The highest BCUT2D eigenvalue weighted by Crippen LogP contribution is 2.19. The van der Waals surface area contributed by atoms with E-state index < -0.39 is 11.2 Å². The van der Waals surface area contributed by atoms with E-state index in [4.69, 9.17) is 0 Å². The van der Waals surface area contributed by atoms with Crippen LogP contribution in [0.3, 0.4) is 0 Å². The predicted molar refractivity (Wildman–Crippen MR) is 83.9 cm³/mol. The molecule has 0 bridgehead atoms. The molecule has 10 heteroatoms. The molecule has 0 aliphatic rings. The number of halogens is 1. The molecule has 2 N–H and O–H groups in total. The van der Waals surface area contributed by atoms with Gasteiger partial charge in [0.15, 0.2) is 15.1 Å². The summed E-state index contributed by atoms with van der Waals surface area (Å²) in [6, 6.07) is 0. The van der Waals surface area contributed by atoms with Crippen LogP contribution < -0.4 is 16.6 Å². The van der Waals surface area contributed by atoms with Crippen LogP contribution in [0.15, 0.2) is 25.2 Å². The molecular weight excluding hydrogens is 360 g/mol. The first-order valence-corrected chi connectivity index (χ1v) is 7.72. The fourth-order valence-electron chi connectivity index (χ4n) is 1.99. The molecule has 3 rings (SSSR count). The number of hydrogen-bond acceptors (Lipinski definition) is 6. The Morgan fingerprint density at radius 3 is 3.00 bits per heavy atom. The zero-order chi connectivity index (χ0) is 15.0. The Hall–Kier alpha value is -1.94. The maximum absolute atomic E-state index is 11.9. The number of imidazole rings is 1. The average Bonchev–Trinajstić information content (AvgIpc) is 3.03. The monoisotopic (exact) mass is 370 g/mol. The van der Waals surface area contributed by atoms with Crippen molar-refractivity contribution < 1.29 is 0 Å². The zero-order valence-electron chi connectivity index (χ0n) is 11.0. The molecule has 0 aromatic carbocycles. The lowest BCUT2D eigenvalue weighted by atomic mass is 10.5. The number of aromatic nitrogens is 5. The van der Waals surface area contributed by atoms with Crippen molar-refractivity contribution >= 4 is 44.2 Å². The largest absolute Gasteiger partial charge is 0.368 e. The van der Waals surface area contributed by atoms with Gasteiger partial charge in [0.25, 0.3) is 5.56 Å². The summed E-state index contributed by atoms with van der Waals surface area (Å²) in [5, 5.41) is 5.05. The van der Waals surface area contributed by atoms with E-state index in [1.807, 2.05) is 5.38 Å². The summed E-state index contributed by atoms with van der Waals surface area (Å²) in [7, 11) is 1.57. The molecule has 0 spiro atoms. The van der Waals surface area contributed by atoms with Crippen LogP contribution >= 0.6 is 27.3 Å². The van der Waals surface area contributed by atoms with E-state index in [2.05, 4.69) is 36.2 Å². The highest BCUT2D eigenvalue weighted by atomic mass is 79.9. The van der Waals surface area contributed by atoms with Crippen molar-refractivity contribution in [2.45, 2.75) is 6.54 Å². The topological polar surface area (TPSA) is 97.6 Å². The third-order valence-electron chi connectivity index (χ3n) is 3.01. The highest BCUT2D eigenvalue weighted by molar-refractivity contribution is 9.11. The molecule has 8 nitrogen and oxygen atoms in total. The van der Waals surface area contributed by atoms with Crippen molar-refractivity contribution in [3.8, 4) is 0 Å². The lowest BCUT2D eigenvalue weighted by Gasteiger charge is -2.05. The van der Waals surface area contributed by atoms with E-state index in [9.17, 15) is 9.59 Å². The van der Waals surface area contributed by atoms with Gasteiger partial charge in [-0.05, 0) is 15.9 Å². The number of rotatable bonds is 4. The third-order valence-corrected chi connectivity index (χ3v) is 4.38. The maximum atomic E-state index is 11.9. The molecule has 0 radical (unpaired) electrons. The Kier molecular flexibility index (Phi) is 3.64. The van der Waals surface area contributed by atoms with Crippen LogP contribution in [-0.2, 0) is 13.6 Å². The minimum Gasteiger partial charge on any atom is -0.368 e. The van der Waals surface area contributed by atoms with Gasteiger partial charge in [0.1, 0.15) is 5.82 Å². The molecule has 0 aliphatic heterocycles. The summed E-state index contributed by atoms with van der Waals surface area (Å²) < 4.78 is 3.84. The third kappa shape index (κ3) is 2.63. The average molecular weight is 371 g/mol. The molecule has 0 saturated carbocycles. The van der Waals surface area contributed by atoms with Crippen LogP contribution in [0, 0.1) is 0 Å². The van der Waals surface area contributed by atoms with E-state index >= 15 is 0 Å². The van der Waals surface area contributed by atoms with Crippen molar-refractivity contribution in [2.24, 2.45) is 7.05 Å². The number of thiazole rings is 1. The van der Waals surface area contributed by atoms with Crippen molar-refractivity contribution in [1.29, 1.82) is 0 Å².